The Labute approximate surface area is 181 Å². The second kappa shape index (κ2) is 8.75. The number of anilines is 1. The van der Waals surface area contributed by atoms with Crippen molar-refractivity contribution in [1.29, 1.82) is 0 Å². The number of ketones is 1. The van der Waals surface area contributed by atoms with Gasteiger partial charge in [-0.05, 0) is 43.9 Å². The van der Waals surface area contributed by atoms with Crippen LogP contribution in [0.2, 0.25) is 0 Å². The number of nitrogens with zero attached hydrogens (tertiary/aromatic N) is 2. The summed E-state index contributed by atoms with van der Waals surface area (Å²) in [7, 11) is -1.34. The van der Waals surface area contributed by atoms with Gasteiger partial charge in [-0.25, -0.2) is 14.2 Å². The maximum Gasteiger partial charge on any atom is 0.208 e. The van der Waals surface area contributed by atoms with Gasteiger partial charge in [-0.1, -0.05) is 25.1 Å². The lowest BCUT2D eigenvalue weighted by atomic mass is 10.1. The van der Waals surface area contributed by atoms with E-state index in [2.05, 4.69) is 15.3 Å². The van der Waals surface area contributed by atoms with Crippen LogP contribution in [-0.4, -0.2) is 37.2 Å². The molecule has 1 saturated carbocycles. The molecule has 3 aromatic rings. The molecule has 6 nitrogen and oxygen atoms in total. The third-order valence-electron chi connectivity index (χ3n) is 5.39. The Balaban J connectivity index is 1.59. The second-order valence-corrected chi connectivity index (χ2v) is 10.3. The van der Waals surface area contributed by atoms with Gasteiger partial charge in [-0.2, -0.15) is 0 Å². The fourth-order valence-corrected chi connectivity index (χ4v) is 6.15. The van der Waals surface area contributed by atoms with Crippen LogP contribution in [0.4, 0.5) is 5.82 Å². The van der Waals surface area contributed by atoms with Crippen molar-refractivity contribution >= 4 is 33.7 Å². The van der Waals surface area contributed by atoms with Crippen LogP contribution in [0.15, 0.2) is 58.7 Å². The summed E-state index contributed by atoms with van der Waals surface area (Å²) < 4.78 is 12.9. The minimum absolute atomic E-state index is 0.0580. The Morgan fingerprint density at radius 2 is 2.03 bits per heavy atom. The Morgan fingerprint density at radius 1 is 1.27 bits per heavy atom. The van der Waals surface area contributed by atoms with E-state index in [1.807, 2.05) is 44.2 Å². The topological polar surface area (TPSA) is 92.2 Å². The first-order valence-corrected chi connectivity index (χ1v) is 11.8. The minimum Gasteiger partial charge on any atom is -0.393 e. The van der Waals surface area contributed by atoms with Crippen molar-refractivity contribution < 1.29 is 14.1 Å². The van der Waals surface area contributed by atoms with E-state index in [1.54, 1.807) is 6.07 Å². The predicted molar refractivity (Wildman–Crippen MR) is 117 cm³/mol. The maximum absolute atomic E-state index is 13.2. The van der Waals surface area contributed by atoms with Crippen LogP contribution in [0.3, 0.4) is 0 Å². The van der Waals surface area contributed by atoms with Crippen molar-refractivity contribution in [2.24, 2.45) is 5.92 Å². The van der Waals surface area contributed by atoms with Crippen LogP contribution in [0.1, 0.15) is 39.9 Å². The molecule has 0 aliphatic heterocycles. The summed E-state index contributed by atoms with van der Waals surface area (Å²) in [5.74, 6) is 0.478. The number of hydrogen-bond donors (Lipinski definition) is 2. The van der Waals surface area contributed by atoms with E-state index in [-0.39, 0.29) is 23.8 Å². The summed E-state index contributed by atoms with van der Waals surface area (Å²) in [5, 5.41) is 13.3. The predicted octanol–water partition coefficient (Wildman–Crippen LogP) is 3.82. The molecule has 1 unspecified atom stereocenters. The van der Waals surface area contributed by atoms with Crippen LogP contribution in [0, 0.1) is 12.8 Å². The Bertz CT molecular complexity index is 1070. The van der Waals surface area contributed by atoms with Crippen LogP contribution in [0.5, 0.6) is 0 Å². The van der Waals surface area contributed by atoms with Gasteiger partial charge >= 0.3 is 0 Å². The summed E-state index contributed by atoms with van der Waals surface area (Å²) in [6, 6.07) is 11.0. The number of aromatic nitrogens is 2. The highest BCUT2D eigenvalue weighted by atomic mass is 32.2. The van der Waals surface area contributed by atoms with Crippen molar-refractivity contribution in [3.63, 3.8) is 0 Å². The molecule has 4 rings (SSSR count). The summed E-state index contributed by atoms with van der Waals surface area (Å²) >= 11 is 1.33. The molecule has 2 N–H and O–H groups in total. The van der Waals surface area contributed by atoms with Gasteiger partial charge in [-0.15, -0.1) is 11.3 Å². The smallest absolute Gasteiger partial charge is 0.208 e. The van der Waals surface area contributed by atoms with Gasteiger partial charge in [0.15, 0.2) is 0 Å². The van der Waals surface area contributed by atoms with E-state index in [9.17, 15) is 14.1 Å². The van der Waals surface area contributed by atoms with E-state index in [1.165, 1.54) is 23.9 Å². The number of aliphatic hydroxyl groups excluding tert-OH is 1. The van der Waals surface area contributed by atoms with Crippen molar-refractivity contribution in [2.75, 3.05) is 5.32 Å². The first kappa shape index (κ1) is 20.8. The Morgan fingerprint density at radius 3 is 2.73 bits per heavy atom. The quantitative estimate of drug-likeness (QED) is 0.565. The Kier molecular flexibility index (Phi) is 6.08. The number of carbonyl (C=O) groups is 1. The largest absolute Gasteiger partial charge is 0.393 e. The highest BCUT2D eigenvalue weighted by molar-refractivity contribution is 7.85. The van der Waals surface area contributed by atoms with Gasteiger partial charge in [0, 0.05) is 22.0 Å². The van der Waals surface area contributed by atoms with Gasteiger partial charge in [0.2, 0.25) is 5.78 Å². The second-order valence-electron chi connectivity index (χ2n) is 7.58. The summed E-state index contributed by atoms with van der Waals surface area (Å²) in [6.45, 7) is 3.89. The number of aryl methyl sites for hydroxylation is 1. The molecule has 0 radical (unpaired) electrons. The maximum atomic E-state index is 13.2. The van der Waals surface area contributed by atoms with E-state index in [0.717, 1.165) is 11.3 Å². The summed E-state index contributed by atoms with van der Waals surface area (Å²) in [6.07, 6.45) is 4.01. The van der Waals surface area contributed by atoms with Crippen molar-refractivity contribution in [3.8, 4) is 0 Å². The van der Waals surface area contributed by atoms with Crippen molar-refractivity contribution in [3.05, 3.63) is 64.2 Å². The van der Waals surface area contributed by atoms with Crippen LogP contribution in [0.25, 0.3) is 0 Å². The monoisotopic (exact) mass is 441 g/mol. The summed E-state index contributed by atoms with van der Waals surface area (Å²) in [5.41, 5.74) is 0.379. The molecular weight excluding hydrogens is 418 g/mol. The number of aliphatic hydroxyl groups is 1. The van der Waals surface area contributed by atoms with Gasteiger partial charge in [-0.3, -0.25) is 4.79 Å². The molecule has 0 saturated heterocycles. The SMILES string of the molecule is Cc1sc(C(=O)c2cncnc2N[C@@H]2C[C@@H](C)[C@@H](O)C2)cc1S(=O)c1ccccc1. The molecule has 1 aliphatic carbocycles. The van der Waals surface area contributed by atoms with Gasteiger partial charge < -0.3 is 10.4 Å². The molecule has 1 aliphatic rings. The zero-order valence-electron chi connectivity index (χ0n) is 16.7. The standard InChI is InChI=1S/C22H23N3O3S2/c1-13-8-15(9-18(13)26)25-22-17(11-23-12-24-22)21(27)19-10-20(14(2)29-19)30(28)16-6-4-3-5-7-16/h3-7,10-13,15,18,26H,8-9H2,1-2H3,(H,23,24,25)/t13-,15-,18+,30?/m1/s1. The molecule has 156 valence electrons. The molecule has 1 fully saturated rings. The Hall–Kier alpha value is -2.42. The molecule has 0 spiro atoms. The van der Waals surface area contributed by atoms with Crippen LogP contribution >= 0.6 is 11.3 Å². The zero-order chi connectivity index (χ0) is 21.3. The number of hydrogen-bond acceptors (Lipinski definition) is 7. The number of carbonyl (C=O) groups excluding carboxylic acids is 1. The van der Waals surface area contributed by atoms with Crippen molar-refractivity contribution in [1.82, 2.24) is 9.97 Å². The lowest BCUT2D eigenvalue weighted by Crippen LogP contribution is -2.20. The average Bonchev–Trinajstić information content (AvgIpc) is 3.29. The lowest BCUT2D eigenvalue weighted by Gasteiger charge is -2.15. The summed E-state index contributed by atoms with van der Waals surface area (Å²) in [4.78, 5) is 24.2. The highest BCUT2D eigenvalue weighted by Gasteiger charge is 2.31. The van der Waals surface area contributed by atoms with Crippen LogP contribution in [-0.2, 0) is 10.8 Å². The molecule has 2 heterocycles. The fourth-order valence-electron chi connectivity index (χ4n) is 3.71. The van der Waals surface area contributed by atoms with E-state index in [0.29, 0.717) is 32.5 Å². The molecule has 4 atom stereocenters. The highest BCUT2D eigenvalue weighted by Crippen LogP contribution is 2.32. The molecule has 8 heteroatoms. The van der Waals surface area contributed by atoms with E-state index < -0.39 is 10.8 Å². The third kappa shape index (κ3) is 4.21. The van der Waals surface area contributed by atoms with Gasteiger partial charge in [0.25, 0.3) is 0 Å². The van der Waals surface area contributed by atoms with Crippen LogP contribution < -0.4 is 5.32 Å². The first-order chi connectivity index (χ1) is 14.4. The molecule has 0 amide bonds. The minimum atomic E-state index is -1.34. The van der Waals surface area contributed by atoms with Gasteiger partial charge in [0.05, 0.1) is 32.2 Å². The molecule has 2 aromatic heterocycles. The third-order valence-corrected chi connectivity index (χ3v) is 8.09. The molecule has 1 aromatic carbocycles. The number of thiophene rings is 1. The van der Waals surface area contributed by atoms with Crippen molar-refractivity contribution in [2.45, 2.75) is 48.6 Å². The normalized spacial score (nSPS) is 22.0. The fraction of sp³-hybridized carbons (Fsp3) is 0.318. The number of benzene rings is 1. The molecule has 0 bridgehead atoms. The van der Waals surface area contributed by atoms with E-state index >= 15 is 0 Å². The zero-order valence-corrected chi connectivity index (χ0v) is 18.4. The molecule has 30 heavy (non-hydrogen) atoms. The average molecular weight is 442 g/mol. The van der Waals surface area contributed by atoms with Gasteiger partial charge in [0.1, 0.15) is 12.1 Å². The number of rotatable bonds is 6. The van der Waals surface area contributed by atoms with E-state index in [4.69, 9.17) is 0 Å². The first-order valence-electron chi connectivity index (χ1n) is 9.80. The molecular formula is C22H23N3O3S2. The number of nitrogens with one attached hydrogen (secondary N) is 1. The lowest BCUT2D eigenvalue weighted by molar-refractivity contribution is 0.104.